The third-order valence-electron chi connectivity index (χ3n) is 22.7. The molecule has 4 amide bonds. The molecule has 6 aliphatic heterocycles. The summed E-state index contributed by atoms with van der Waals surface area (Å²) < 4.78 is 176. The van der Waals surface area contributed by atoms with Gasteiger partial charge < -0.3 is 164 Å². The molecule has 2 aromatic rings. The first kappa shape index (κ1) is 118. The fraction of sp³-hybridized carbons (Fsp3) is 0.645. The second-order valence-electron chi connectivity index (χ2n) is 34.6. The largest absolute Gasteiger partial charge is 0.480 e. The minimum absolute atomic E-state index is 0.383. The number of carbonyl (C=O) groups excluding carboxylic acids is 20. The van der Waals surface area contributed by atoms with E-state index in [2.05, 4.69) is 21.3 Å². The Labute approximate surface area is 844 Å². The maximum absolute atomic E-state index is 14.3. The number of carboxylic acids is 1. The van der Waals surface area contributed by atoms with Crippen molar-refractivity contribution < 1.29 is 243 Å². The average molecular weight is 2110 g/mol. The normalized spacial score (nSPS) is 30.3. The molecule has 32 atom stereocenters. The number of hydrogen-bond donors (Lipinski definition) is 5. The van der Waals surface area contributed by atoms with Crippen LogP contribution in [0.25, 0.3) is 11.1 Å². The van der Waals surface area contributed by atoms with Crippen molar-refractivity contribution in [3.63, 3.8) is 0 Å². The molecule has 0 aromatic heterocycles. The van der Waals surface area contributed by atoms with Crippen molar-refractivity contribution in [1.29, 1.82) is 0 Å². The molecule has 55 nitrogen and oxygen atoms in total. The van der Waals surface area contributed by atoms with Crippen LogP contribution in [0, 0.1) is 0 Å². The minimum Gasteiger partial charge on any atom is -0.480 e. The number of benzene rings is 2. The number of aliphatic carboxylic acids is 1. The lowest BCUT2D eigenvalue weighted by atomic mass is 9.93. The fourth-order valence-electron chi connectivity index (χ4n) is 17.5. The predicted molar refractivity (Wildman–Crippen MR) is 475 cm³/mol. The smallest absolute Gasteiger partial charge is 0.407 e. The highest BCUT2D eigenvalue weighted by Gasteiger charge is 2.64. The van der Waals surface area contributed by atoms with Gasteiger partial charge in [-0.1, -0.05) is 48.5 Å². The summed E-state index contributed by atoms with van der Waals surface area (Å²) >= 11 is 0. The monoisotopic (exact) mass is 2110 g/mol. The zero-order valence-electron chi connectivity index (χ0n) is 84.0. The van der Waals surface area contributed by atoms with Gasteiger partial charge in [-0.3, -0.25) is 91.1 Å². The summed E-state index contributed by atoms with van der Waals surface area (Å²) in [5.41, 5.74) is 3.12. The van der Waals surface area contributed by atoms with Crippen LogP contribution in [0.3, 0.4) is 0 Å². The number of hydrogen-bond acceptors (Lipinski definition) is 50. The van der Waals surface area contributed by atoms with Gasteiger partial charge >= 0.3 is 108 Å². The fourth-order valence-corrected chi connectivity index (χ4v) is 17.5. The van der Waals surface area contributed by atoms with Gasteiger partial charge in [0.2, 0.25) is 17.7 Å². The summed E-state index contributed by atoms with van der Waals surface area (Å²) in [4.78, 5) is 283. The summed E-state index contributed by atoms with van der Waals surface area (Å²) in [6.45, 7) is 11.7. The molecule has 148 heavy (non-hydrogen) atoms. The Balaban J connectivity index is 1.22. The van der Waals surface area contributed by atoms with E-state index >= 15 is 0 Å². The Kier molecular flexibility index (Phi) is 43.1. The number of fused-ring (bicyclic) bond motifs is 3. The number of alkyl carbamates (subject to hydrolysis) is 1. The van der Waals surface area contributed by atoms with Gasteiger partial charge in [-0.2, -0.15) is 0 Å². The van der Waals surface area contributed by atoms with Crippen LogP contribution in [0.15, 0.2) is 48.5 Å². The van der Waals surface area contributed by atoms with Crippen molar-refractivity contribution in [2.75, 3.05) is 46.2 Å². The summed E-state index contributed by atoms with van der Waals surface area (Å²) in [6.07, 6.45) is -61.0. The average Bonchev–Trinajstić information content (AvgIpc) is 1.22. The van der Waals surface area contributed by atoms with Crippen molar-refractivity contribution in [3.8, 4) is 11.1 Å². The van der Waals surface area contributed by atoms with E-state index in [1.54, 1.807) is 36.4 Å². The van der Waals surface area contributed by atoms with Crippen molar-refractivity contribution in [2.24, 2.45) is 0 Å². The van der Waals surface area contributed by atoms with E-state index in [9.17, 15) is 106 Å². The molecule has 5 N–H and O–H groups in total. The van der Waals surface area contributed by atoms with Crippen LogP contribution < -0.4 is 21.3 Å². The van der Waals surface area contributed by atoms with Crippen LogP contribution >= 0.6 is 0 Å². The second-order valence-corrected chi connectivity index (χ2v) is 34.6. The predicted octanol–water partition coefficient (Wildman–Crippen LogP) is -1.13. The molecule has 7 aliphatic rings. The molecule has 6 heterocycles. The molecule has 6 fully saturated rings. The Morgan fingerprint density at radius 1 is 0.270 bits per heavy atom. The number of amides is 4. The van der Waals surface area contributed by atoms with Gasteiger partial charge in [0.15, 0.2) is 111 Å². The quantitative estimate of drug-likeness (QED) is 0.0388. The summed E-state index contributed by atoms with van der Waals surface area (Å²) in [6, 6.07) is 5.86. The molecule has 1 aliphatic carbocycles. The minimum atomic E-state index is -2.57. The molecule has 55 heteroatoms. The van der Waals surface area contributed by atoms with Crippen LogP contribution in [0.5, 0.6) is 0 Å². The van der Waals surface area contributed by atoms with Crippen molar-refractivity contribution >= 4 is 125 Å². The highest BCUT2D eigenvalue weighted by Crippen LogP contribution is 2.46. The van der Waals surface area contributed by atoms with E-state index in [1.807, 2.05) is 12.1 Å². The summed E-state index contributed by atoms with van der Waals surface area (Å²) in [7, 11) is 0. The van der Waals surface area contributed by atoms with Gasteiger partial charge in [0.25, 0.3) is 0 Å². The number of rotatable bonds is 42. The van der Waals surface area contributed by atoms with Gasteiger partial charge in [0.05, 0.1) is 12.7 Å². The zero-order chi connectivity index (χ0) is 109. The lowest BCUT2D eigenvalue weighted by Crippen LogP contribution is -2.72. The molecule has 0 bridgehead atoms. The molecule has 2 aromatic carbocycles. The lowest BCUT2D eigenvalue weighted by molar-refractivity contribution is -0.379. The van der Waals surface area contributed by atoms with Gasteiger partial charge in [-0.25, -0.2) is 9.59 Å². The van der Waals surface area contributed by atoms with E-state index < -0.39 is 367 Å². The van der Waals surface area contributed by atoms with E-state index in [-0.39, 0.29) is 6.61 Å². The number of carboxylic acid groups (broad SMARTS) is 1. The Morgan fingerprint density at radius 2 is 0.527 bits per heavy atom. The number of carbonyl (C=O) groups is 21. The van der Waals surface area contributed by atoms with E-state index in [1.165, 1.54) is 0 Å². The molecule has 0 spiro atoms. The highest BCUT2D eigenvalue weighted by molar-refractivity contribution is 5.82. The number of esters is 16. The second kappa shape index (κ2) is 54.0. The van der Waals surface area contributed by atoms with E-state index in [0.29, 0.717) is 0 Å². The van der Waals surface area contributed by atoms with E-state index in [0.717, 1.165) is 161 Å². The maximum atomic E-state index is 14.3. The van der Waals surface area contributed by atoms with Crippen LogP contribution in [0.4, 0.5) is 4.79 Å². The van der Waals surface area contributed by atoms with Gasteiger partial charge in [-0.15, -0.1) is 0 Å². The summed E-state index contributed by atoms with van der Waals surface area (Å²) in [5, 5.41) is 21.1. The summed E-state index contributed by atoms with van der Waals surface area (Å²) in [5.74, 6) is -23.6. The standard InChI is InChI=1S/C93H120N4O51/c1-36(67(86(117)118)97-93(119)126-29-60-58-27-23-21-25-56(58)57-26-22-24-28-59(57)60)127-88-70(96-39(4)100)79(71(128-45(10)106)66(140-88)35-125-87-68(94-37(2)98)77(132-49(14)110)72(61(139-87)30-120-40(5)101)145-90-83(136-53(18)114)80(134-51(16)112)74(129-46(11)107)63(142-90)32-122-42(7)103)147-92-85(138-55(20)116)82(76(131-48(13)109)65(144-92)34-124-44(9)105)148-89-69(95-38(3)99)78(133-50(15)111)73(62(141-89)31-121-41(6)102)146-91-84(137-54(19)115)81(135-52(17)113)75(130-47(12)108)64(143-91)33-123-43(8)104/h21-28,36,60-85,87-92H,29-35H2,1-20H3,(H,94,98)(H,95,99)(H,96,100)(H,97,119)(H,117,118)/t36-,61+,62+,63+,64+,65+,66+,67-,68+,69+,70+,71-,72+,73+,74-,75-,76-,77+,78+,79+,80-,81-,82-,83+,84+,85+,87+,88-,89-,90-,91-,92-/m0/s1. The SMILES string of the molecule is CC(=O)N[C@H]1[C@@H](O[C@@H](C)[C@H](NC(=O)OCC2c3ccccc3-c3ccccc32)C(=O)O)O[C@H](CO[C@@H]2O[C@H](COC(C)=O)[C@@H](O[C@@H]3O[C@H](COC(C)=O)[C@H](OC(C)=O)[C@H](OC(C)=O)[C@H]3OC(C)=O)[C@H](OC(C)=O)[C@H]2NC(C)=O)[C@H](OC(C)=O)[C@@H]1O[C@@H]1O[C@H](COC(C)=O)[C@H](OC(C)=O)[C@H](O[C@@H]2O[C@H](COC(C)=O)[C@@H](O[C@@H]3O[C@H](COC(C)=O)[C@H](OC(C)=O)[C@H](OC(C)=O)[C@H]3OC(C)=O)[C@H](OC(C)=O)[C@H]2NC(C)=O)[C@H]1OC(C)=O. The first-order chi connectivity index (χ1) is 69.7. The highest BCUT2D eigenvalue weighted by atomic mass is 16.8. The number of ether oxygens (including phenoxy) is 29. The Hall–Kier alpha value is -13.4. The van der Waals surface area contributed by atoms with Crippen LogP contribution in [-0.2, 0) is 233 Å². The van der Waals surface area contributed by atoms with Crippen molar-refractivity contribution in [2.45, 2.75) is 341 Å². The molecule has 0 radical (unpaired) electrons. The Bertz CT molecular complexity index is 5100. The van der Waals surface area contributed by atoms with Crippen molar-refractivity contribution in [1.82, 2.24) is 21.3 Å². The molecular weight excluding hydrogens is 1990 g/mol. The van der Waals surface area contributed by atoms with E-state index in [4.69, 9.17) is 137 Å². The van der Waals surface area contributed by atoms with Crippen molar-refractivity contribution in [3.05, 3.63) is 59.7 Å². The molecular formula is C93H120N4O51. The topological polar surface area (TPSA) is 694 Å². The van der Waals surface area contributed by atoms with Crippen LogP contribution in [-0.4, -0.2) is 373 Å². The maximum Gasteiger partial charge on any atom is 0.407 e. The third-order valence-corrected chi connectivity index (χ3v) is 22.7. The molecule has 6 saturated heterocycles. The first-order valence-corrected chi connectivity index (χ1v) is 46.2. The molecule has 0 unspecified atom stereocenters. The van der Waals surface area contributed by atoms with Crippen LogP contribution in [0.1, 0.15) is 156 Å². The van der Waals surface area contributed by atoms with Gasteiger partial charge in [0, 0.05) is 137 Å². The molecule has 9 rings (SSSR count). The third kappa shape index (κ3) is 33.1. The van der Waals surface area contributed by atoms with Gasteiger partial charge in [0.1, 0.15) is 119 Å². The van der Waals surface area contributed by atoms with Gasteiger partial charge in [-0.05, 0) is 29.2 Å². The van der Waals surface area contributed by atoms with Crippen LogP contribution in [0.2, 0.25) is 0 Å². The first-order valence-electron chi connectivity index (χ1n) is 46.2. The Morgan fingerprint density at radius 3 is 0.865 bits per heavy atom. The number of nitrogens with one attached hydrogen (secondary N) is 4. The molecule has 0 saturated carbocycles. The zero-order valence-corrected chi connectivity index (χ0v) is 84.0. The lowest BCUT2D eigenvalue weighted by Gasteiger charge is -2.52. The molecule has 818 valence electrons.